The number of rotatable bonds is 10. The molecule has 3 aromatic rings. The zero-order valence-electron chi connectivity index (χ0n) is 23.8. The molecular formula is C31H43N3O3. The Kier molecular flexibility index (Phi) is 9.30. The lowest BCUT2D eigenvalue weighted by molar-refractivity contribution is -0.134. The van der Waals surface area contributed by atoms with Crippen molar-refractivity contribution in [2.45, 2.75) is 73.8 Å². The van der Waals surface area contributed by atoms with Gasteiger partial charge in [0.25, 0.3) is 5.56 Å². The van der Waals surface area contributed by atoms with Crippen LogP contribution in [0.2, 0.25) is 0 Å². The predicted octanol–water partition coefficient (Wildman–Crippen LogP) is 6.39. The highest BCUT2D eigenvalue weighted by atomic mass is 16.5. The summed E-state index contributed by atoms with van der Waals surface area (Å²) in [6.45, 7) is 15.9. The van der Waals surface area contributed by atoms with Gasteiger partial charge in [-0.3, -0.25) is 14.2 Å². The van der Waals surface area contributed by atoms with Gasteiger partial charge in [0.05, 0.1) is 22.6 Å². The number of para-hydroxylation sites is 1. The molecule has 0 aliphatic heterocycles. The van der Waals surface area contributed by atoms with Gasteiger partial charge >= 0.3 is 0 Å². The van der Waals surface area contributed by atoms with Crippen molar-refractivity contribution in [3.63, 3.8) is 0 Å². The monoisotopic (exact) mass is 505 g/mol. The van der Waals surface area contributed by atoms with Crippen molar-refractivity contribution < 1.29 is 9.53 Å². The van der Waals surface area contributed by atoms with Crippen molar-refractivity contribution in [1.82, 2.24) is 14.5 Å². The van der Waals surface area contributed by atoms with Crippen molar-refractivity contribution in [3.8, 4) is 5.69 Å². The van der Waals surface area contributed by atoms with Gasteiger partial charge in [0.15, 0.2) is 0 Å². The van der Waals surface area contributed by atoms with E-state index in [1.54, 1.807) is 11.7 Å². The Morgan fingerprint density at radius 1 is 1.11 bits per heavy atom. The smallest absolute Gasteiger partial charge is 0.266 e. The Bertz CT molecular complexity index is 1290. The second-order valence-electron chi connectivity index (χ2n) is 11.6. The molecule has 1 heterocycles. The van der Waals surface area contributed by atoms with Crippen LogP contribution in [-0.2, 0) is 9.53 Å². The number of hydrogen-bond donors (Lipinski definition) is 0. The molecule has 2 aromatic carbocycles. The van der Waals surface area contributed by atoms with Gasteiger partial charge in [-0.05, 0) is 68.7 Å². The van der Waals surface area contributed by atoms with Gasteiger partial charge in [-0.25, -0.2) is 4.98 Å². The quantitative estimate of drug-likeness (QED) is 0.300. The number of ether oxygens (including phenoxy) is 1. The molecule has 2 atom stereocenters. The molecule has 0 saturated heterocycles. The number of fused-ring (bicyclic) bond motifs is 1. The molecule has 6 nitrogen and oxygen atoms in total. The van der Waals surface area contributed by atoms with Gasteiger partial charge in [0.2, 0.25) is 5.91 Å². The third-order valence-electron chi connectivity index (χ3n) is 6.79. The highest BCUT2D eigenvalue weighted by molar-refractivity contribution is 5.79. The summed E-state index contributed by atoms with van der Waals surface area (Å²) in [7, 11) is 1.67. The molecular weight excluding hydrogens is 462 g/mol. The maximum atomic E-state index is 13.9. The molecule has 0 spiro atoms. The number of carbonyl (C=O) groups is 1. The Morgan fingerprint density at radius 2 is 1.81 bits per heavy atom. The van der Waals surface area contributed by atoms with E-state index in [4.69, 9.17) is 9.72 Å². The van der Waals surface area contributed by atoms with E-state index in [9.17, 15) is 9.59 Å². The minimum absolute atomic E-state index is 0.0786. The maximum Gasteiger partial charge on any atom is 0.266 e. The number of carbonyl (C=O) groups excluding carboxylic acids is 1. The van der Waals surface area contributed by atoms with Gasteiger partial charge in [-0.2, -0.15) is 0 Å². The molecule has 0 saturated carbocycles. The van der Waals surface area contributed by atoms with E-state index in [0.717, 1.165) is 23.2 Å². The number of methoxy groups -OCH3 is 1. The minimum atomic E-state index is -0.399. The first-order chi connectivity index (χ1) is 17.4. The van der Waals surface area contributed by atoms with Gasteiger partial charge < -0.3 is 9.64 Å². The van der Waals surface area contributed by atoms with E-state index in [1.807, 2.05) is 62.1 Å². The Hall–Kier alpha value is -2.99. The van der Waals surface area contributed by atoms with Crippen LogP contribution in [0.4, 0.5) is 0 Å². The van der Waals surface area contributed by atoms with E-state index < -0.39 is 6.04 Å². The average Bonchev–Trinajstić information content (AvgIpc) is 2.81. The summed E-state index contributed by atoms with van der Waals surface area (Å²) in [6, 6.07) is 13.1. The van der Waals surface area contributed by atoms with Crippen molar-refractivity contribution in [2.75, 3.05) is 20.3 Å². The molecule has 0 aliphatic rings. The molecule has 200 valence electrons. The first kappa shape index (κ1) is 28.6. The molecule has 1 amide bonds. The second-order valence-corrected chi connectivity index (χ2v) is 11.6. The average molecular weight is 506 g/mol. The van der Waals surface area contributed by atoms with Gasteiger partial charge in [0.1, 0.15) is 5.82 Å². The van der Waals surface area contributed by atoms with E-state index in [0.29, 0.717) is 42.7 Å². The lowest BCUT2D eigenvalue weighted by atomic mass is 9.84. The van der Waals surface area contributed by atoms with Crippen LogP contribution in [0, 0.1) is 25.2 Å². The number of aryl methyl sites for hydroxylation is 2. The Morgan fingerprint density at radius 3 is 2.46 bits per heavy atom. The van der Waals surface area contributed by atoms with Crippen LogP contribution < -0.4 is 5.56 Å². The van der Waals surface area contributed by atoms with Crippen molar-refractivity contribution >= 4 is 16.8 Å². The molecule has 0 fully saturated rings. The first-order valence-corrected chi connectivity index (χ1v) is 13.3. The highest BCUT2D eigenvalue weighted by Crippen LogP contribution is 2.29. The Labute approximate surface area is 221 Å². The topological polar surface area (TPSA) is 64.4 Å². The third kappa shape index (κ3) is 7.07. The number of benzene rings is 2. The van der Waals surface area contributed by atoms with Crippen molar-refractivity contribution in [3.05, 3.63) is 69.8 Å². The van der Waals surface area contributed by atoms with E-state index in [1.165, 1.54) is 0 Å². The zero-order valence-corrected chi connectivity index (χ0v) is 23.8. The fourth-order valence-corrected chi connectivity index (χ4v) is 5.31. The van der Waals surface area contributed by atoms with Gasteiger partial charge in [-0.1, -0.05) is 57.5 Å². The molecule has 0 radical (unpaired) electrons. The Balaban J connectivity index is 2.13. The summed E-state index contributed by atoms with van der Waals surface area (Å²) < 4.78 is 7.00. The van der Waals surface area contributed by atoms with Crippen LogP contribution in [0.5, 0.6) is 0 Å². The van der Waals surface area contributed by atoms with Crippen LogP contribution >= 0.6 is 0 Å². The molecule has 6 heteroatoms. The highest BCUT2D eigenvalue weighted by Gasteiger charge is 2.28. The number of amides is 1. The van der Waals surface area contributed by atoms with E-state index in [2.05, 4.69) is 33.8 Å². The summed E-state index contributed by atoms with van der Waals surface area (Å²) >= 11 is 0. The number of nitrogens with zero attached hydrogens (tertiary/aromatic N) is 3. The number of aromatic nitrogens is 2. The molecule has 0 N–H and O–H groups in total. The molecule has 3 rings (SSSR count). The van der Waals surface area contributed by atoms with E-state index in [-0.39, 0.29) is 22.8 Å². The largest absolute Gasteiger partial charge is 0.385 e. The summed E-state index contributed by atoms with van der Waals surface area (Å²) in [5, 5.41) is 0.564. The second kappa shape index (κ2) is 12.0. The fraction of sp³-hybridized carbons (Fsp3) is 0.516. The van der Waals surface area contributed by atoms with Gasteiger partial charge in [-0.15, -0.1) is 0 Å². The zero-order chi connectivity index (χ0) is 27.3. The summed E-state index contributed by atoms with van der Waals surface area (Å²) in [6.07, 6.45) is 2.12. The van der Waals surface area contributed by atoms with Crippen LogP contribution in [0.25, 0.3) is 16.6 Å². The standard InChI is InChI=1S/C31H43N3O3/c1-21-14-15-27(23(3)18-21)34-29(32-26-13-10-9-12-25(26)30(34)36)24(4)33(16-11-17-37-8)28(35)19-22(2)20-31(5,6)7/h9-10,12-15,18,22,24H,11,16-17,19-20H2,1-8H3. The fourth-order valence-electron chi connectivity index (χ4n) is 5.31. The van der Waals surface area contributed by atoms with Crippen molar-refractivity contribution in [2.24, 2.45) is 11.3 Å². The molecule has 37 heavy (non-hydrogen) atoms. The maximum absolute atomic E-state index is 13.9. The first-order valence-electron chi connectivity index (χ1n) is 13.3. The molecule has 2 unspecified atom stereocenters. The van der Waals surface area contributed by atoms with Crippen LogP contribution in [-0.4, -0.2) is 40.6 Å². The summed E-state index contributed by atoms with van der Waals surface area (Å²) in [5.74, 6) is 0.899. The molecule has 0 aliphatic carbocycles. The third-order valence-corrected chi connectivity index (χ3v) is 6.79. The molecule has 0 bridgehead atoms. The minimum Gasteiger partial charge on any atom is -0.385 e. The normalized spacial score (nSPS) is 13.5. The predicted molar refractivity (Wildman–Crippen MR) is 151 cm³/mol. The lowest BCUT2D eigenvalue weighted by Crippen LogP contribution is -2.39. The number of hydrogen-bond acceptors (Lipinski definition) is 4. The van der Waals surface area contributed by atoms with Crippen LogP contribution in [0.15, 0.2) is 47.3 Å². The summed E-state index contributed by atoms with van der Waals surface area (Å²) in [5.41, 5.74) is 3.58. The van der Waals surface area contributed by atoms with Crippen molar-refractivity contribution in [1.29, 1.82) is 0 Å². The van der Waals surface area contributed by atoms with Gasteiger partial charge in [0, 0.05) is 26.7 Å². The molecule has 1 aromatic heterocycles. The van der Waals surface area contributed by atoms with Crippen LogP contribution in [0.3, 0.4) is 0 Å². The lowest BCUT2D eigenvalue weighted by Gasteiger charge is -2.32. The SMILES string of the molecule is COCCCN(C(=O)CC(C)CC(C)(C)C)C(C)c1nc2ccccc2c(=O)n1-c1ccc(C)cc1C. The van der Waals surface area contributed by atoms with E-state index >= 15 is 0 Å². The van der Waals surface area contributed by atoms with Crippen LogP contribution in [0.1, 0.15) is 76.9 Å². The summed E-state index contributed by atoms with van der Waals surface area (Å²) in [4.78, 5) is 34.5.